The molecule has 0 amide bonds. The number of rotatable bonds is 3. The zero-order chi connectivity index (χ0) is 14.0. The van der Waals surface area contributed by atoms with Crippen molar-refractivity contribution in [3.05, 3.63) is 35.8 Å². The van der Waals surface area contributed by atoms with Gasteiger partial charge in [0, 0.05) is 0 Å². The van der Waals surface area contributed by atoms with Crippen LogP contribution in [-0.2, 0) is 6.18 Å². The molecule has 0 fully saturated rings. The van der Waals surface area contributed by atoms with E-state index in [1.807, 2.05) is 0 Å². The number of hydrogen-bond acceptors (Lipinski definition) is 5. The topological polar surface area (TPSA) is 64.1 Å². The lowest BCUT2D eigenvalue weighted by molar-refractivity contribution is -0.137. The van der Waals surface area contributed by atoms with Crippen LogP contribution < -0.4 is 11.3 Å². The third kappa shape index (κ3) is 3.21. The second kappa shape index (κ2) is 5.14. The van der Waals surface area contributed by atoms with E-state index in [1.54, 1.807) is 13.0 Å². The molecule has 3 N–H and O–H groups in total. The molecular weight excluding hydrogens is 279 g/mol. The Hall–Kier alpha value is -1.67. The quantitative estimate of drug-likeness (QED) is 0.669. The first-order valence-corrected chi connectivity index (χ1v) is 5.99. The highest BCUT2D eigenvalue weighted by molar-refractivity contribution is 7.99. The van der Waals surface area contributed by atoms with Crippen LogP contribution in [0.2, 0.25) is 0 Å². The summed E-state index contributed by atoms with van der Waals surface area (Å²) in [6.45, 7) is 1.72. The highest BCUT2D eigenvalue weighted by Crippen LogP contribution is 2.36. The number of nitrogens with zero attached hydrogens (tertiary/aromatic N) is 1. The van der Waals surface area contributed by atoms with Crippen LogP contribution in [-0.4, -0.2) is 4.98 Å². The Balaban J connectivity index is 2.37. The number of hydrogen-bond donors (Lipinski definition) is 2. The van der Waals surface area contributed by atoms with Crippen molar-refractivity contribution in [1.29, 1.82) is 0 Å². The summed E-state index contributed by atoms with van der Waals surface area (Å²) in [6.07, 6.45) is -2.98. The van der Waals surface area contributed by atoms with E-state index < -0.39 is 11.7 Å². The summed E-state index contributed by atoms with van der Waals surface area (Å²) in [5.74, 6) is 5.70. The highest BCUT2D eigenvalue weighted by Gasteiger charge is 2.31. The maximum absolute atomic E-state index is 12.7. The molecule has 19 heavy (non-hydrogen) atoms. The summed E-state index contributed by atoms with van der Waals surface area (Å²) in [6, 6.07) is 3.49. The SMILES string of the molecule is Cc1occc1Sc1cc(C(F)(F)F)cc(NN)n1. The van der Waals surface area contributed by atoms with Crippen LogP contribution in [0, 0.1) is 6.92 Å². The molecule has 0 aliphatic carbocycles. The summed E-state index contributed by atoms with van der Waals surface area (Å²) in [7, 11) is 0. The number of nitrogen functional groups attached to an aromatic ring is 1. The van der Waals surface area contributed by atoms with Crippen LogP contribution in [0.4, 0.5) is 19.0 Å². The smallest absolute Gasteiger partial charge is 0.416 e. The molecule has 0 saturated carbocycles. The molecular formula is C11H10F3N3OS. The van der Waals surface area contributed by atoms with Crippen LogP contribution in [0.25, 0.3) is 0 Å². The molecule has 0 unspecified atom stereocenters. The zero-order valence-electron chi connectivity index (χ0n) is 9.78. The van der Waals surface area contributed by atoms with Gasteiger partial charge in [0.15, 0.2) is 0 Å². The average molecular weight is 289 g/mol. The summed E-state index contributed by atoms with van der Waals surface area (Å²) >= 11 is 1.08. The fourth-order valence-electron chi connectivity index (χ4n) is 1.39. The number of aryl methyl sites for hydroxylation is 1. The van der Waals surface area contributed by atoms with Crippen molar-refractivity contribution in [2.75, 3.05) is 5.43 Å². The van der Waals surface area contributed by atoms with Crippen molar-refractivity contribution in [2.45, 2.75) is 23.0 Å². The van der Waals surface area contributed by atoms with E-state index in [0.717, 1.165) is 23.9 Å². The predicted octanol–water partition coefficient (Wildman–Crippen LogP) is 3.44. The predicted molar refractivity (Wildman–Crippen MR) is 64.6 cm³/mol. The Bertz CT molecular complexity index is 583. The minimum atomic E-state index is -4.45. The third-order valence-electron chi connectivity index (χ3n) is 2.30. The number of nitrogens with one attached hydrogen (secondary N) is 1. The van der Waals surface area contributed by atoms with Gasteiger partial charge in [0.1, 0.15) is 16.6 Å². The molecule has 0 saturated heterocycles. The van der Waals surface area contributed by atoms with E-state index in [9.17, 15) is 13.2 Å². The largest absolute Gasteiger partial charge is 0.468 e. The van der Waals surface area contributed by atoms with Gasteiger partial charge in [-0.2, -0.15) is 13.2 Å². The molecule has 2 rings (SSSR count). The first-order chi connectivity index (χ1) is 8.90. The second-order valence-corrected chi connectivity index (χ2v) is 4.73. The van der Waals surface area contributed by atoms with Gasteiger partial charge in [-0.05, 0) is 25.1 Å². The summed E-state index contributed by atoms with van der Waals surface area (Å²) < 4.78 is 43.2. The first kappa shape index (κ1) is 13.8. The van der Waals surface area contributed by atoms with Gasteiger partial charge >= 0.3 is 6.18 Å². The molecule has 4 nitrogen and oxygen atoms in total. The molecule has 0 aliphatic heterocycles. The van der Waals surface area contributed by atoms with Crippen LogP contribution in [0.1, 0.15) is 11.3 Å². The molecule has 0 atom stereocenters. The van der Waals surface area contributed by atoms with E-state index in [0.29, 0.717) is 10.7 Å². The van der Waals surface area contributed by atoms with E-state index in [2.05, 4.69) is 10.4 Å². The lowest BCUT2D eigenvalue weighted by Crippen LogP contribution is -2.12. The number of pyridine rings is 1. The van der Waals surface area contributed by atoms with Crippen molar-refractivity contribution in [2.24, 2.45) is 5.84 Å². The minimum Gasteiger partial charge on any atom is -0.468 e. The highest BCUT2D eigenvalue weighted by atomic mass is 32.2. The number of aromatic nitrogens is 1. The maximum Gasteiger partial charge on any atom is 0.416 e. The lowest BCUT2D eigenvalue weighted by Gasteiger charge is -2.10. The molecule has 0 bridgehead atoms. The fourth-order valence-corrected chi connectivity index (χ4v) is 2.26. The Morgan fingerprint density at radius 2 is 2.11 bits per heavy atom. The summed E-state index contributed by atoms with van der Waals surface area (Å²) in [5, 5.41) is 0.187. The number of hydrazine groups is 1. The van der Waals surface area contributed by atoms with Gasteiger partial charge in [-0.15, -0.1) is 0 Å². The molecule has 2 heterocycles. The third-order valence-corrected chi connectivity index (χ3v) is 3.36. The van der Waals surface area contributed by atoms with E-state index in [1.165, 1.54) is 6.26 Å². The maximum atomic E-state index is 12.7. The molecule has 102 valence electrons. The number of furan rings is 1. The van der Waals surface area contributed by atoms with Crippen molar-refractivity contribution in [3.63, 3.8) is 0 Å². The Morgan fingerprint density at radius 3 is 2.63 bits per heavy atom. The monoisotopic (exact) mass is 289 g/mol. The van der Waals surface area contributed by atoms with Crippen molar-refractivity contribution < 1.29 is 17.6 Å². The van der Waals surface area contributed by atoms with Crippen molar-refractivity contribution in [3.8, 4) is 0 Å². The Morgan fingerprint density at radius 1 is 1.37 bits per heavy atom. The van der Waals surface area contributed by atoms with E-state index in [-0.39, 0.29) is 10.8 Å². The second-order valence-electron chi connectivity index (χ2n) is 3.66. The van der Waals surface area contributed by atoms with Crippen LogP contribution in [0.5, 0.6) is 0 Å². The molecule has 8 heteroatoms. The molecule has 0 radical (unpaired) electrons. The van der Waals surface area contributed by atoms with Gasteiger partial charge in [0.05, 0.1) is 16.7 Å². The molecule has 0 spiro atoms. The van der Waals surface area contributed by atoms with Crippen molar-refractivity contribution >= 4 is 17.6 Å². The number of anilines is 1. The standard InChI is InChI=1S/C11H10F3N3OS/c1-6-8(2-3-18-6)19-10-5-7(11(12,13)14)4-9(16-10)17-15/h2-5H,15H2,1H3,(H,16,17). The molecule has 0 aliphatic rings. The molecule has 0 aromatic carbocycles. The summed E-state index contributed by atoms with van der Waals surface area (Å²) in [4.78, 5) is 4.67. The fraction of sp³-hybridized carbons (Fsp3) is 0.182. The zero-order valence-corrected chi connectivity index (χ0v) is 10.6. The number of nitrogens with two attached hydrogens (primary N) is 1. The van der Waals surface area contributed by atoms with Gasteiger partial charge < -0.3 is 9.84 Å². The Kier molecular flexibility index (Phi) is 3.72. The number of alkyl halides is 3. The van der Waals surface area contributed by atoms with Gasteiger partial charge in [-0.3, -0.25) is 0 Å². The van der Waals surface area contributed by atoms with Gasteiger partial charge in [0.2, 0.25) is 0 Å². The van der Waals surface area contributed by atoms with Crippen LogP contribution in [0.15, 0.2) is 38.8 Å². The molecule has 2 aromatic heterocycles. The summed E-state index contributed by atoms with van der Waals surface area (Å²) in [5.41, 5.74) is 1.32. The number of halogens is 3. The normalized spacial score (nSPS) is 11.6. The molecule has 2 aromatic rings. The van der Waals surface area contributed by atoms with Crippen molar-refractivity contribution in [1.82, 2.24) is 4.98 Å². The van der Waals surface area contributed by atoms with E-state index in [4.69, 9.17) is 10.3 Å². The lowest BCUT2D eigenvalue weighted by atomic mass is 10.2. The van der Waals surface area contributed by atoms with Gasteiger partial charge in [0.25, 0.3) is 0 Å². The van der Waals surface area contributed by atoms with Crippen LogP contribution >= 0.6 is 11.8 Å². The minimum absolute atomic E-state index is 0.0431. The van der Waals surface area contributed by atoms with Gasteiger partial charge in [-0.1, -0.05) is 11.8 Å². The van der Waals surface area contributed by atoms with Gasteiger partial charge in [-0.25, -0.2) is 10.8 Å². The Labute approximate surface area is 111 Å². The first-order valence-electron chi connectivity index (χ1n) is 5.18. The van der Waals surface area contributed by atoms with E-state index >= 15 is 0 Å². The van der Waals surface area contributed by atoms with Crippen LogP contribution in [0.3, 0.4) is 0 Å². The average Bonchev–Trinajstić information content (AvgIpc) is 2.73.